The molecule has 2 aromatic carbocycles. The van der Waals surface area contributed by atoms with Gasteiger partial charge in [0.25, 0.3) is 0 Å². The molecule has 0 aliphatic carbocycles. The smallest absolute Gasteiger partial charge is 0.128 e. The summed E-state index contributed by atoms with van der Waals surface area (Å²) in [7, 11) is 0. The zero-order chi connectivity index (χ0) is 13.5. The molecule has 0 aromatic heterocycles. The number of benzene rings is 2. The summed E-state index contributed by atoms with van der Waals surface area (Å²) in [5.41, 5.74) is 1.70. The third-order valence-electron chi connectivity index (χ3n) is 2.67. The molecule has 0 aliphatic rings. The Morgan fingerprint density at radius 2 is 1.84 bits per heavy atom. The zero-order valence-electron chi connectivity index (χ0n) is 10.6. The Kier molecular flexibility index (Phi) is 5.04. The standard InChI is InChI=1S/C16H16FNS/c1-2-11-19-16-10-6-5-9-15(16)18-12-13-7-3-4-8-14(13)17/h2-10,18H,1,11-12H2. The SMILES string of the molecule is C=CCSc1ccccc1NCc1ccccc1F. The van der Waals surface area contributed by atoms with Gasteiger partial charge >= 0.3 is 0 Å². The van der Waals surface area contributed by atoms with E-state index in [0.717, 1.165) is 16.3 Å². The van der Waals surface area contributed by atoms with Crippen molar-refractivity contribution in [3.8, 4) is 0 Å². The van der Waals surface area contributed by atoms with Gasteiger partial charge in [0, 0.05) is 28.4 Å². The lowest BCUT2D eigenvalue weighted by Gasteiger charge is -2.11. The van der Waals surface area contributed by atoms with E-state index < -0.39 is 0 Å². The predicted octanol–water partition coefficient (Wildman–Crippen LogP) is 4.72. The molecule has 0 fully saturated rings. The van der Waals surface area contributed by atoms with E-state index in [-0.39, 0.29) is 5.82 Å². The highest BCUT2D eigenvalue weighted by atomic mass is 32.2. The minimum Gasteiger partial charge on any atom is -0.380 e. The number of halogens is 1. The number of anilines is 1. The van der Waals surface area contributed by atoms with Gasteiger partial charge in [-0.2, -0.15) is 0 Å². The maximum absolute atomic E-state index is 13.5. The van der Waals surface area contributed by atoms with Gasteiger partial charge < -0.3 is 5.32 Å². The number of hydrogen-bond donors (Lipinski definition) is 1. The molecule has 1 nitrogen and oxygen atoms in total. The van der Waals surface area contributed by atoms with Gasteiger partial charge in [0.05, 0.1) is 0 Å². The van der Waals surface area contributed by atoms with Crippen molar-refractivity contribution < 1.29 is 4.39 Å². The average molecular weight is 273 g/mol. The van der Waals surface area contributed by atoms with E-state index in [9.17, 15) is 4.39 Å². The quantitative estimate of drug-likeness (QED) is 0.604. The highest BCUT2D eigenvalue weighted by Gasteiger charge is 2.03. The molecule has 2 aromatic rings. The van der Waals surface area contributed by atoms with Crippen molar-refractivity contribution in [2.45, 2.75) is 11.4 Å². The van der Waals surface area contributed by atoms with Crippen LogP contribution in [0.3, 0.4) is 0 Å². The van der Waals surface area contributed by atoms with Crippen molar-refractivity contribution in [3.05, 3.63) is 72.6 Å². The molecule has 0 aliphatic heterocycles. The third-order valence-corrected chi connectivity index (χ3v) is 3.74. The summed E-state index contributed by atoms with van der Waals surface area (Å²) < 4.78 is 13.5. The van der Waals surface area contributed by atoms with Gasteiger partial charge in [-0.3, -0.25) is 0 Å². The van der Waals surface area contributed by atoms with Crippen LogP contribution < -0.4 is 5.32 Å². The maximum atomic E-state index is 13.5. The molecule has 2 rings (SSSR count). The van der Waals surface area contributed by atoms with Crippen molar-refractivity contribution in [2.75, 3.05) is 11.1 Å². The predicted molar refractivity (Wildman–Crippen MR) is 81.1 cm³/mol. The minimum absolute atomic E-state index is 0.175. The van der Waals surface area contributed by atoms with Crippen LogP contribution in [-0.2, 0) is 6.54 Å². The zero-order valence-corrected chi connectivity index (χ0v) is 11.4. The molecule has 0 saturated carbocycles. The Balaban J connectivity index is 2.07. The summed E-state index contributed by atoms with van der Waals surface area (Å²) in [5, 5.41) is 3.28. The van der Waals surface area contributed by atoms with Gasteiger partial charge in [-0.15, -0.1) is 18.3 Å². The first kappa shape index (κ1) is 13.7. The first-order chi connectivity index (χ1) is 9.31. The molecule has 19 heavy (non-hydrogen) atoms. The van der Waals surface area contributed by atoms with Crippen molar-refractivity contribution in [1.29, 1.82) is 0 Å². The van der Waals surface area contributed by atoms with E-state index in [1.54, 1.807) is 23.9 Å². The lowest BCUT2D eigenvalue weighted by atomic mass is 10.2. The fourth-order valence-corrected chi connectivity index (χ4v) is 2.49. The first-order valence-corrected chi connectivity index (χ1v) is 7.10. The topological polar surface area (TPSA) is 12.0 Å². The van der Waals surface area contributed by atoms with Gasteiger partial charge in [0.2, 0.25) is 0 Å². The largest absolute Gasteiger partial charge is 0.380 e. The molecule has 0 spiro atoms. The average Bonchev–Trinajstić information content (AvgIpc) is 2.45. The normalized spacial score (nSPS) is 10.2. The molecular weight excluding hydrogens is 257 g/mol. The Hall–Kier alpha value is -1.74. The Bertz CT molecular complexity index is 554. The Morgan fingerprint density at radius 3 is 2.63 bits per heavy atom. The molecular formula is C16H16FNS. The summed E-state index contributed by atoms with van der Waals surface area (Å²) in [6.45, 7) is 4.20. The minimum atomic E-state index is -0.175. The van der Waals surface area contributed by atoms with E-state index in [2.05, 4.69) is 18.0 Å². The Labute approximate surface area is 117 Å². The maximum Gasteiger partial charge on any atom is 0.128 e. The number of hydrogen-bond acceptors (Lipinski definition) is 2. The van der Waals surface area contributed by atoms with Crippen molar-refractivity contribution in [3.63, 3.8) is 0 Å². The van der Waals surface area contributed by atoms with Crippen LogP contribution in [0.5, 0.6) is 0 Å². The summed E-state index contributed by atoms with van der Waals surface area (Å²) in [6.07, 6.45) is 1.87. The molecule has 0 unspecified atom stereocenters. The highest BCUT2D eigenvalue weighted by Crippen LogP contribution is 2.27. The summed E-state index contributed by atoms with van der Waals surface area (Å²) in [6, 6.07) is 14.9. The molecule has 0 saturated heterocycles. The summed E-state index contributed by atoms with van der Waals surface area (Å²) in [5.74, 6) is 0.685. The molecule has 98 valence electrons. The van der Waals surface area contributed by atoms with E-state index in [0.29, 0.717) is 12.1 Å². The molecule has 0 radical (unpaired) electrons. The Morgan fingerprint density at radius 1 is 1.11 bits per heavy atom. The second kappa shape index (κ2) is 7.00. The number of rotatable bonds is 6. The van der Waals surface area contributed by atoms with E-state index >= 15 is 0 Å². The summed E-state index contributed by atoms with van der Waals surface area (Å²) >= 11 is 1.71. The molecule has 0 atom stereocenters. The lowest BCUT2D eigenvalue weighted by molar-refractivity contribution is 0.613. The van der Waals surface area contributed by atoms with Gasteiger partial charge in [0.15, 0.2) is 0 Å². The van der Waals surface area contributed by atoms with Crippen LogP contribution in [0.4, 0.5) is 10.1 Å². The summed E-state index contributed by atoms with van der Waals surface area (Å²) in [4.78, 5) is 1.15. The molecule has 0 heterocycles. The van der Waals surface area contributed by atoms with Crippen molar-refractivity contribution in [1.82, 2.24) is 0 Å². The van der Waals surface area contributed by atoms with Gasteiger partial charge in [-0.1, -0.05) is 36.4 Å². The fraction of sp³-hybridized carbons (Fsp3) is 0.125. The van der Waals surface area contributed by atoms with Crippen molar-refractivity contribution >= 4 is 17.4 Å². The molecule has 1 N–H and O–H groups in total. The second-order valence-electron chi connectivity index (χ2n) is 4.04. The molecule has 0 bridgehead atoms. The van der Waals surface area contributed by atoms with Crippen LogP contribution in [0, 0.1) is 5.82 Å². The van der Waals surface area contributed by atoms with Crippen LogP contribution >= 0.6 is 11.8 Å². The number of nitrogens with one attached hydrogen (secondary N) is 1. The second-order valence-corrected chi connectivity index (χ2v) is 5.10. The number of thioether (sulfide) groups is 1. The van der Waals surface area contributed by atoms with Crippen LogP contribution in [0.1, 0.15) is 5.56 Å². The van der Waals surface area contributed by atoms with Crippen LogP contribution in [0.2, 0.25) is 0 Å². The molecule has 0 amide bonds. The van der Waals surface area contributed by atoms with Crippen LogP contribution in [0.25, 0.3) is 0 Å². The van der Waals surface area contributed by atoms with E-state index in [1.165, 1.54) is 6.07 Å². The number of para-hydroxylation sites is 1. The van der Waals surface area contributed by atoms with Crippen LogP contribution in [-0.4, -0.2) is 5.75 Å². The van der Waals surface area contributed by atoms with Crippen molar-refractivity contribution in [2.24, 2.45) is 0 Å². The van der Waals surface area contributed by atoms with E-state index in [1.807, 2.05) is 30.3 Å². The third kappa shape index (κ3) is 3.86. The fourth-order valence-electron chi connectivity index (χ4n) is 1.72. The van der Waals surface area contributed by atoms with Gasteiger partial charge in [-0.05, 0) is 18.2 Å². The highest BCUT2D eigenvalue weighted by molar-refractivity contribution is 7.99. The monoisotopic (exact) mass is 273 g/mol. The molecule has 3 heteroatoms. The van der Waals surface area contributed by atoms with E-state index in [4.69, 9.17) is 0 Å². The first-order valence-electron chi connectivity index (χ1n) is 6.11. The van der Waals surface area contributed by atoms with Gasteiger partial charge in [-0.25, -0.2) is 4.39 Å². The lowest BCUT2D eigenvalue weighted by Crippen LogP contribution is -2.02. The van der Waals surface area contributed by atoms with Crippen LogP contribution in [0.15, 0.2) is 66.1 Å². The van der Waals surface area contributed by atoms with Gasteiger partial charge in [0.1, 0.15) is 5.82 Å².